The first-order valence-electron chi connectivity index (χ1n) is 7.35. The third-order valence-electron chi connectivity index (χ3n) is 3.15. The topological polar surface area (TPSA) is 90.6 Å². The van der Waals surface area contributed by atoms with Crippen LogP contribution in [0.1, 0.15) is 33.2 Å². The number of carbonyl (C=O) groups excluding carboxylic acids is 2. The number of benzene rings is 2. The zero-order chi connectivity index (χ0) is 17.4. The number of hydrogen-bond donors (Lipinski definition) is 2. The standard InChI is InChI=1S/C18H18N2O4/c1-2-23-16-8-6-13(7-9-16)10-11-20-17(21)14-4-3-5-15(12-14)18(22)24-19/h3-12H,2,19H2,1H3,(H,20,21)/b11-10+. The summed E-state index contributed by atoms with van der Waals surface area (Å²) in [6, 6.07) is 13.6. The minimum atomic E-state index is -0.699. The number of nitrogens with two attached hydrogens (primary N) is 1. The smallest absolute Gasteiger partial charge is 0.356 e. The van der Waals surface area contributed by atoms with Crippen molar-refractivity contribution in [2.45, 2.75) is 6.92 Å². The van der Waals surface area contributed by atoms with Gasteiger partial charge in [0.2, 0.25) is 0 Å². The second-order valence-corrected chi connectivity index (χ2v) is 4.79. The minimum Gasteiger partial charge on any atom is -0.494 e. The Morgan fingerprint density at radius 2 is 1.83 bits per heavy atom. The first kappa shape index (κ1) is 17.2. The van der Waals surface area contributed by atoms with Gasteiger partial charge in [0, 0.05) is 11.8 Å². The molecule has 0 aliphatic rings. The molecule has 0 atom stereocenters. The third-order valence-corrected chi connectivity index (χ3v) is 3.15. The highest BCUT2D eigenvalue weighted by atomic mass is 16.7. The second kappa shape index (κ2) is 8.50. The second-order valence-electron chi connectivity index (χ2n) is 4.79. The number of ether oxygens (including phenoxy) is 1. The van der Waals surface area contributed by atoms with Gasteiger partial charge in [0.1, 0.15) is 5.75 Å². The fourth-order valence-corrected chi connectivity index (χ4v) is 1.99. The summed E-state index contributed by atoms with van der Waals surface area (Å²) < 4.78 is 5.36. The predicted octanol–water partition coefficient (Wildman–Crippen LogP) is 2.52. The Bertz CT molecular complexity index is 739. The fourth-order valence-electron chi connectivity index (χ4n) is 1.99. The largest absolute Gasteiger partial charge is 0.494 e. The fraction of sp³-hybridized carbons (Fsp3) is 0.111. The molecular weight excluding hydrogens is 308 g/mol. The van der Waals surface area contributed by atoms with E-state index in [1.54, 1.807) is 18.2 Å². The molecule has 0 fully saturated rings. The highest BCUT2D eigenvalue weighted by molar-refractivity contribution is 5.98. The van der Waals surface area contributed by atoms with Crippen molar-refractivity contribution in [3.8, 4) is 5.75 Å². The average molecular weight is 326 g/mol. The van der Waals surface area contributed by atoms with Crippen LogP contribution in [0.4, 0.5) is 0 Å². The van der Waals surface area contributed by atoms with Gasteiger partial charge in [0.25, 0.3) is 5.91 Å². The van der Waals surface area contributed by atoms with E-state index >= 15 is 0 Å². The van der Waals surface area contributed by atoms with Crippen LogP contribution < -0.4 is 16.0 Å². The van der Waals surface area contributed by atoms with E-state index < -0.39 is 5.97 Å². The van der Waals surface area contributed by atoms with Crippen molar-refractivity contribution in [2.75, 3.05) is 6.61 Å². The van der Waals surface area contributed by atoms with E-state index in [1.807, 2.05) is 31.2 Å². The summed E-state index contributed by atoms with van der Waals surface area (Å²) in [5, 5.41) is 2.64. The van der Waals surface area contributed by atoms with E-state index in [0.717, 1.165) is 11.3 Å². The Hall–Kier alpha value is -3.12. The number of carbonyl (C=O) groups is 2. The quantitative estimate of drug-likeness (QED) is 0.796. The van der Waals surface area contributed by atoms with Gasteiger partial charge in [-0.15, -0.1) is 0 Å². The highest BCUT2D eigenvalue weighted by Crippen LogP contribution is 2.13. The van der Waals surface area contributed by atoms with Crippen molar-refractivity contribution in [3.05, 3.63) is 71.4 Å². The highest BCUT2D eigenvalue weighted by Gasteiger charge is 2.09. The third kappa shape index (κ3) is 4.69. The normalized spacial score (nSPS) is 10.4. The Labute approximate surface area is 139 Å². The number of amides is 1. The summed E-state index contributed by atoms with van der Waals surface area (Å²) in [6.07, 6.45) is 3.29. The number of nitrogens with one attached hydrogen (secondary N) is 1. The molecule has 6 heteroatoms. The zero-order valence-corrected chi connectivity index (χ0v) is 13.2. The Balaban J connectivity index is 1.98. The monoisotopic (exact) mass is 326 g/mol. The lowest BCUT2D eigenvalue weighted by Crippen LogP contribution is -2.18. The lowest BCUT2D eigenvalue weighted by molar-refractivity contribution is 0.0503. The molecule has 0 aromatic heterocycles. The molecular formula is C18H18N2O4. The lowest BCUT2D eigenvalue weighted by atomic mass is 10.1. The van der Waals surface area contributed by atoms with Gasteiger partial charge in [-0.2, -0.15) is 5.90 Å². The van der Waals surface area contributed by atoms with Crippen molar-refractivity contribution in [3.63, 3.8) is 0 Å². The summed E-state index contributed by atoms with van der Waals surface area (Å²) in [4.78, 5) is 27.6. The molecule has 124 valence electrons. The molecule has 2 aromatic rings. The van der Waals surface area contributed by atoms with Gasteiger partial charge in [-0.3, -0.25) is 4.79 Å². The first-order valence-corrected chi connectivity index (χ1v) is 7.35. The molecule has 0 saturated carbocycles. The zero-order valence-electron chi connectivity index (χ0n) is 13.2. The van der Waals surface area contributed by atoms with Gasteiger partial charge in [-0.1, -0.05) is 18.2 Å². The molecule has 2 aromatic carbocycles. The molecule has 2 rings (SSSR count). The lowest BCUT2D eigenvalue weighted by Gasteiger charge is -2.04. The van der Waals surface area contributed by atoms with Gasteiger partial charge in [0.05, 0.1) is 12.2 Å². The van der Waals surface area contributed by atoms with Crippen molar-refractivity contribution in [2.24, 2.45) is 5.90 Å². The van der Waals surface area contributed by atoms with Crippen molar-refractivity contribution in [1.29, 1.82) is 0 Å². The molecule has 0 spiro atoms. The molecule has 6 nitrogen and oxygen atoms in total. The Kier molecular flexibility index (Phi) is 6.10. The maximum atomic E-state index is 12.1. The van der Waals surface area contributed by atoms with Gasteiger partial charge in [-0.25, -0.2) is 4.79 Å². The molecule has 0 heterocycles. The van der Waals surface area contributed by atoms with Crippen LogP contribution in [-0.4, -0.2) is 18.5 Å². The Morgan fingerprint density at radius 3 is 2.50 bits per heavy atom. The number of rotatable bonds is 6. The van der Waals surface area contributed by atoms with E-state index in [1.165, 1.54) is 18.3 Å². The molecule has 24 heavy (non-hydrogen) atoms. The summed E-state index contributed by atoms with van der Waals surface area (Å²) in [7, 11) is 0. The molecule has 0 aliphatic heterocycles. The van der Waals surface area contributed by atoms with Crippen LogP contribution >= 0.6 is 0 Å². The predicted molar refractivity (Wildman–Crippen MR) is 90.2 cm³/mol. The minimum absolute atomic E-state index is 0.209. The molecule has 1 amide bonds. The molecule has 0 saturated heterocycles. The van der Waals surface area contributed by atoms with Crippen LogP contribution in [0, 0.1) is 0 Å². The van der Waals surface area contributed by atoms with Crippen LogP contribution in [-0.2, 0) is 4.84 Å². The van der Waals surface area contributed by atoms with Crippen LogP contribution in [0.3, 0.4) is 0 Å². The van der Waals surface area contributed by atoms with E-state index in [9.17, 15) is 9.59 Å². The summed E-state index contributed by atoms with van der Waals surface area (Å²) >= 11 is 0. The summed E-state index contributed by atoms with van der Waals surface area (Å²) in [6.45, 7) is 2.54. The van der Waals surface area contributed by atoms with Crippen molar-refractivity contribution in [1.82, 2.24) is 5.32 Å². The maximum absolute atomic E-state index is 12.1. The average Bonchev–Trinajstić information content (AvgIpc) is 2.62. The number of hydrogen-bond acceptors (Lipinski definition) is 5. The molecule has 3 N–H and O–H groups in total. The molecule has 0 unspecified atom stereocenters. The maximum Gasteiger partial charge on any atom is 0.356 e. The van der Waals surface area contributed by atoms with Crippen LogP contribution in [0.15, 0.2) is 54.7 Å². The SMILES string of the molecule is CCOc1ccc(/C=C/NC(=O)c2cccc(C(=O)ON)c2)cc1. The van der Waals surface area contributed by atoms with Gasteiger partial charge >= 0.3 is 5.97 Å². The molecule has 0 radical (unpaired) electrons. The van der Waals surface area contributed by atoms with Gasteiger partial charge < -0.3 is 14.9 Å². The van der Waals surface area contributed by atoms with Crippen LogP contribution in [0.2, 0.25) is 0 Å². The van der Waals surface area contributed by atoms with E-state index in [-0.39, 0.29) is 11.5 Å². The first-order chi connectivity index (χ1) is 11.6. The van der Waals surface area contributed by atoms with Crippen LogP contribution in [0.25, 0.3) is 6.08 Å². The summed E-state index contributed by atoms with van der Waals surface area (Å²) in [5.74, 6) is 4.58. The molecule has 0 aliphatic carbocycles. The van der Waals surface area contributed by atoms with Gasteiger partial charge in [0.15, 0.2) is 0 Å². The van der Waals surface area contributed by atoms with E-state index in [2.05, 4.69) is 10.2 Å². The van der Waals surface area contributed by atoms with Gasteiger partial charge in [-0.05, 0) is 48.9 Å². The van der Waals surface area contributed by atoms with Crippen molar-refractivity contribution >= 4 is 18.0 Å². The van der Waals surface area contributed by atoms with Crippen LogP contribution in [0.5, 0.6) is 5.75 Å². The van der Waals surface area contributed by atoms with E-state index in [0.29, 0.717) is 12.2 Å². The molecule has 0 bridgehead atoms. The van der Waals surface area contributed by atoms with E-state index in [4.69, 9.17) is 10.6 Å². The van der Waals surface area contributed by atoms with Crippen molar-refractivity contribution < 1.29 is 19.2 Å². The Morgan fingerprint density at radius 1 is 1.12 bits per heavy atom. The summed E-state index contributed by atoms with van der Waals surface area (Å²) in [5.41, 5.74) is 1.45.